The van der Waals surface area contributed by atoms with Crippen molar-refractivity contribution in [1.82, 2.24) is 4.57 Å². The van der Waals surface area contributed by atoms with Crippen LogP contribution < -0.4 is 19.1 Å². The molecule has 1 aliphatic heterocycles. The van der Waals surface area contributed by atoms with Gasteiger partial charge in [-0.3, -0.25) is 9.69 Å². The number of rotatable bonds is 5. The Hall–Kier alpha value is -3.93. The molecule has 4 aromatic rings. The van der Waals surface area contributed by atoms with Crippen LogP contribution in [0.3, 0.4) is 0 Å². The van der Waals surface area contributed by atoms with Crippen LogP contribution >= 0.6 is 0 Å². The van der Waals surface area contributed by atoms with Crippen molar-refractivity contribution in [1.29, 1.82) is 0 Å². The summed E-state index contributed by atoms with van der Waals surface area (Å²) in [6.45, 7) is 0. The van der Waals surface area contributed by atoms with E-state index in [9.17, 15) is 4.79 Å². The number of methoxy groups -OCH3 is 3. The predicted molar refractivity (Wildman–Crippen MR) is 124 cm³/mol. The molecule has 162 valence electrons. The van der Waals surface area contributed by atoms with Crippen molar-refractivity contribution in [3.05, 3.63) is 83.6 Å². The molecule has 6 nitrogen and oxygen atoms in total. The molecule has 2 heterocycles. The number of benzene rings is 3. The first kappa shape index (κ1) is 20.0. The van der Waals surface area contributed by atoms with Gasteiger partial charge >= 0.3 is 0 Å². The fourth-order valence-corrected chi connectivity index (χ4v) is 4.68. The first-order chi connectivity index (χ1) is 15.6. The minimum Gasteiger partial charge on any atom is -0.497 e. The van der Waals surface area contributed by atoms with Gasteiger partial charge in [0.2, 0.25) is 0 Å². The third-order valence-electron chi connectivity index (χ3n) is 6.18. The first-order valence-corrected chi connectivity index (χ1v) is 10.4. The Morgan fingerprint density at radius 3 is 2.19 bits per heavy atom. The summed E-state index contributed by atoms with van der Waals surface area (Å²) in [6, 6.07) is 21.0. The molecule has 3 aromatic carbocycles. The second-order valence-corrected chi connectivity index (χ2v) is 7.72. The number of para-hydroxylation sites is 1. The molecule has 0 fully saturated rings. The van der Waals surface area contributed by atoms with Crippen molar-refractivity contribution in [2.45, 2.75) is 6.04 Å². The molecule has 6 heteroatoms. The number of hydrogen-bond donors (Lipinski definition) is 0. The van der Waals surface area contributed by atoms with Gasteiger partial charge in [0.1, 0.15) is 22.9 Å². The van der Waals surface area contributed by atoms with Crippen molar-refractivity contribution in [3.8, 4) is 17.2 Å². The summed E-state index contributed by atoms with van der Waals surface area (Å²) in [6.07, 6.45) is 0. The molecule has 1 amide bonds. The minimum atomic E-state index is -0.373. The number of aryl methyl sites for hydroxylation is 1. The summed E-state index contributed by atoms with van der Waals surface area (Å²) in [5, 5.41) is 1.05. The highest BCUT2D eigenvalue weighted by Crippen LogP contribution is 2.48. The molecule has 0 saturated carbocycles. The Bertz CT molecular complexity index is 1320. The molecule has 0 aliphatic carbocycles. The number of ether oxygens (including phenoxy) is 3. The van der Waals surface area contributed by atoms with Gasteiger partial charge in [-0.1, -0.05) is 18.2 Å². The van der Waals surface area contributed by atoms with E-state index in [-0.39, 0.29) is 11.9 Å². The molecule has 5 rings (SSSR count). The van der Waals surface area contributed by atoms with E-state index in [2.05, 4.69) is 6.07 Å². The number of hydrogen-bond acceptors (Lipinski definition) is 4. The van der Waals surface area contributed by atoms with E-state index < -0.39 is 0 Å². The van der Waals surface area contributed by atoms with Crippen LogP contribution in [0.25, 0.3) is 10.9 Å². The molecular formula is C26H24N2O4. The number of carbonyl (C=O) groups is 1. The predicted octanol–water partition coefficient (Wildman–Crippen LogP) is 4.95. The third kappa shape index (κ3) is 2.83. The summed E-state index contributed by atoms with van der Waals surface area (Å²) >= 11 is 0. The van der Waals surface area contributed by atoms with E-state index in [1.807, 2.05) is 77.2 Å². The molecular weight excluding hydrogens is 404 g/mol. The van der Waals surface area contributed by atoms with Gasteiger partial charge in [0.25, 0.3) is 5.91 Å². The summed E-state index contributed by atoms with van der Waals surface area (Å²) in [5.41, 5.74) is 4.32. The standard InChI is InChI=1S/C26H24N2O4/c1-27-21-8-6-5-7-19(21)23-24(20-15-18(31-3)13-14-22(20)32-4)28(26(29)25(23)27)16-9-11-17(30-2)12-10-16/h5-15,24H,1-4H3. The van der Waals surface area contributed by atoms with Gasteiger partial charge in [0.05, 0.1) is 27.4 Å². The van der Waals surface area contributed by atoms with Gasteiger partial charge in [0.15, 0.2) is 0 Å². The number of carbonyl (C=O) groups excluding carboxylic acids is 1. The lowest BCUT2D eigenvalue weighted by atomic mass is 9.96. The second-order valence-electron chi connectivity index (χ2n) is 7.72. The molecule has 0 radical (unpaired) electrons. The van der Waals surface area contributed by atoms with Crippen LogP contribution in [0.4, 0.5) is 5.69 Å². The summed E-state index contributed by atoms with van der Waals surface area (Å²) < 4.78 is 18.5. The number of amides is 1. The van der Waals surface area contributed by atoms with E-state index in [4.69, 9.17) is 14.2 Å². The quantitative estimate of drug-likeness (QED) is 0.451. The molecule has 1 aliphatic rings. The van der Waals surface area contributed by atoms with E-state index in [0.717, 1.165) is 33.5 Å². The van der Waals surface area contributed by atoms with Crippen molar-refractivity contribution >= 4 is 22.5 Å². The molecule has 32 heavy (non-hydrogen) atoms. The summed E-state index contributed by atoms with van der Waals surface area (Å²) in [5.74, 6) is 2.08. The summed E-state index contributed by atoms with van der Waals surface area (Å²) in [4.78, 5) is 15.7. The summed E-state index contributed by atoms with van der Waals surface area (Å²) in [7, 11) is 6.85. The minimum absolute atomic E-state index is 0.0567. The zero-order valence-corrected chi connectivity index (χ0v) is 18.5. The van der Waals surface area contributed by atoms with E-state index in [0.29, 0.717) is 17.2 Å². The van der Waals surface area contributed by atoms with E-state index in [1.165, 1.54) is 0 Å². The van der Waals surface area contributed by atoms with Crippen molar-refractivity contribution in [2.75, 3.05) is 26.2 Å². The molecule has 0 bridgehead atoms. The zero-order chi connectivity index (χ0) is 22.4. The Morgan fingerprint density at radius 1 is 0.812 bits per heavy atom. The smallest absolute Gasteiger partial charge is 0.276 e. The van der Waals surface area contributed by atoms with Crippen molar-refractivity contribution < 1.29 is 19.0 Å². The Balaban J connectivity index is 1.81. The van der Waals surface area contributed by atoms with Crippen LogP contribution in [0.15, 0.2) is 66.7 Å². The monoisotopic (exact) mass is 428 g/mol. The largest absolute Gasteiger partial charge is 0.497 e. The highest BCUT2D eigenvalue weighted by atomic mass is 16.5. The maximum absolute atomic E-state index is 13.9. The fraction of sp³-hybridized carbons (Fsp3) is 0.192. The first-order valence-electron chi connectivity index (χ1n) is 10.4. The van der Waals surface area contributed by atoms with Gasteiger partial charge in [-0.05, 0) is 48.5 Å². The van der Waals surface area contributed by atoms with Gasteiger partial charge in [-0.25, -0.2) is 0 Å². The topological polar surface area (TPSA) is 52.9 Å². The van der Waals surface area contributed by atoms with Gasteiger partial charge in [0, 0.05) is 34.8 Å². The molecule has 1 atom stereocenters. The van der Waals surface area contributed by atoms with Crippen LogP contribution in [0, 0.1) is 0 Å². The van der Waals surface area contributed by atoms with Crippen molar-refractivity contribution in [2.24, 2.45) is 7.05 Å². The van der Waals surface area contributed by atoms with Crippen LogP contribution in [0.2, 0.25) is 0 Å². The van der Waals surface area contributed by atoms with Gasteiger partial charge in [-0.2, -0.15) is 0 Å². The van der Waals surface area contributed by atoms with E-state index >= 15 is 0 Å². The zero-order valence-electron chi connectivity index (χ0n) is 18.5. The lowest BCUT2D eigenvalue weighted by Crippen LogP contribution is -2.30. The Labute approximate surface area is 186 Å². The molecule has 1 aromatic heterocycles. The highest BCUT2D eigenvalue weighted by Gasteiger charge is 2.44. The van der Waals surface area contributed by atoms with E-state index in [1.54, 1.807) is 21.3 Å². The van der Waals surface area contributed by atoms with Crippen molar-refractivity contribution in [3.63, 3.8) is 0 Å². The normalized spacial score (nSPS) is 15.2. The number of nitrogens with zero attached hydrogens (tertiary/aromatic N) is 2. The molecule has 0 saturated heterocycles. The van der Waals surface area contributed by atoms with Gasteiger partial charge < -0.3 is 18.8 Å². The molecule has 1 unspecified atom stereocenters. The maximum atomic E-state index is 13.9. The lowest BCUT2D eigenvalue weighted by molar-refractivity contribution is 0.0986. The number of aromatic nitrogens is 1. The highest BCUT2D eigenvalue weighted by molar-refractivity contribution is 6.15. The average Bonchev–Trinajstić information content (AvgIpc) is 3.31. The molecule has 0 N–H and O–H groups in total. The second kappa shape index (κ2) is 7.64. The SMILES string of the molecule is COc1ccc(N2C(=O)c3c(c4ccccc4n3C)C2c2cc(OC)ccc2OC)cc1. The Kier molecular flexibility index (Phi) is 4.78. The van der Waals surface area contributed by atoms with Gasteiger partial charge in [-0.15, -0.1) is 0 Å². The number of fused-ring (bicyclic) bond motifs is 3. The fourth-order valence-electron chi connectivity index (χ4n) is 4.68. The van der Waals surface area contributed by atoms with Crippen LogP contribution in [0.5, 0.6) is 17.2 Å². The molecule has 0 spiro atoms. The number of anilines is 1. The maximum Gasteiger partial charge on any atom is 0.276 e. The lowest BCUT2D eigenvalue weighted by Gasteiger charge is -2.28. The third-order valence-corrected chi connectivity index (χ3v) is 6.18. The average molecular weight is 428 g/mol. The van der Waals surface area contributed by atoms with Crippen LogP contribution in [-0.2, 0) is 7.05 Å². The van der Waals surface area contributed by atoms with Crippen LogP contribution in [-0.4, -0.2) is 31.8 Å². The van der Waals surface area contributed by atoms with Crippen LogP contribution in [0.1, 0.15) is 27.7 Å². The Morgan fingerprint density at radius 2 is 1.50 bits per heavy atom.